The van der Waals surface area contributed by atoms with Gasteiger partial charge in [-0.2, -0.15) is 0 Å². The summed E-state index contributed by atoms with van der Waals surface area (Å²) in [5.41, 5.74) is 14.3. The van der Waals surface area contributed by atoms with Crippen molar-refractivity contribution in [2.24, 2.45) is 11.8 Å². The Morgan fingerprint density at radius 2 is 0.909 bits per heavy atom. The summed E-state index contributed by atoms with van der Waals surface area (Å²) in [7, 11) is 0. The molecule has 2 aromatic heterocycles. The molecule has 9 rings (SSSR count). The quantitative estimate of drug-likeness (QED) is 0.0909. The fraction of sp³-hybridized carbons (Fsp3) is 0.484. The van der Waals surface area contributed by atoms with Gasteiger partial charge in [0.05, 0.1) is 5.69 Å². The Labute approximate surface area is 398 Å². The molecule has 2 heterocycles. The van der Waals surface area contributed by atoms with Crippen molar-refractivity contribution in [2.45, 2.75) is 180 Å². The minimum atomic E-state index is 0.0537. The molecule has 66 heavy (non-hydrogen) atoms. The van der Waals surface area contributed by atoms with Gasteiger partial charge in [0.1, 0.15) is 0 Å². The molecule has 0 aliphatic heterocycles. The van der Waals surface area contributed by atoms with E-state index in [0.29, 0.717) is 17.5 Å². The molecule has 0 N–H and O–H groups in total. The van der Waals surface area contributed by atoms with Crippen molar-refractivity contribution < 1.29 is 0 Å². The SMILES string of the molecule is CCCCCCCC1CC23CC(CCCCCCC)CC2(C1)c1cc(-c2cc(-c4nc(-c5ccc(C(C)(C)C)cc5)nc(-c5ccc(C(C)(C)C)cc5)n4)ccn2)ccc1-c1ccccc13. The number of hydrogen-bond acceptors (Lipinski definition) is 4. The van der Waals surface area contributed by atoms with Crippen molar-refractivity contribution in [1.82, 2.24) is 19.9 Å². The van der Waals surface area contributed by atoms with E-state index >= 15 is 0 Å². The molecule has 344 valence electrons. The van der Waals surface area contributed by atoms with Gasteiger partial charge >= 0.3 is 0 Å². The lowest BCUT2D eigenvalue weighted by Gasteiger charge is -2.47. The molecule has 0 bridgehead atoms. The van der Waals surface area contributed by atoms with Crippen LogP contribution in [0.1, 0.15) is 180 Å². The predicted molar refractivity (Wildman–Crippen MR) is 278 cm³/mol. The van der Waals surface area contributed by atoms with Crippen LogP contribution in [0.2, 0.25) is 0 Å². The lowest BCUT2D eigenvalue weighted by molar-refractivity contribution is 0.299. The third-order valence-electron chi connectivity index (χ3n) is 16.1. The van der Waals surface area contributed by atoms with Gasteiger partial charge in [-0.3, -0.25) is 4.98 Å². The molecule has 4 aromatic carbocycles. The second kappa shape index (κ2) is 19.0. The molecule has 3 aliphatic rings. The Morgan fingerprint density at radius 1 is 0.455 bits per heavy atom. The maximum absolute atomic E-state index is 5.21. The molecule has 4 nitrogen and oxygen atoms in total. The van der Waals surface area contributed by atoms with Crippen LogP contribution in [-0.2, 0) is 21.7 Å². The summed E-state index contributed by atoms with van der Waals surface area (Å²) in [4.78, 5) is 20.7. The van der Waals surface area contributed by atoms with Crippen LogP contribution >= 0.6 is 0 Å². The zero-order valence-electron chi connectivity index (χ0n) is 41.6. The molecule has 6 aromatic rings. The highest BCUT2D eigenvalue weighted by atomic mass is 15.0. The second-order valence-corrected chi connectivity index (χ2v) is 22.8. The number of nitrogens with zero attached hydrogens (tertiary/aromatic N) is 4. The summed E-state index contributed by atoms with van der Waals surface area (Å²) < 4.78 is 0. The monoisotopic (exact) mass is 877 g/mol. The Morgan fingerprint density at radius 3 is 1.42 bits per heavy atom. The summed E-state index contributed by atoms with van der Waals surface area (Å²) in [6.45, 7) is 18.2. The summed E-state index contributed by atoms with van der Waals surface area (Å²) in [6.07, 6.45) is 23.6. The van der Waals surface area contributed by atoms with Crippen LogP contribution in [0.5, 0.6) is 0 Å². The van der Waals surface area contributed by atoms with E-state index in [2.05, 4.69) is 159 Å². The number of fused-ring (bicyclic) bond motifs is 3. The van der Waals surface area contributed by atoms with Crippen LogP contribution in [-0.4, -0.2) is 19.9 Å². The van der Waals surface area contributed by atoms with E-state index in [0.717, 1.165) is 34.2 Å². The first-order valence-electron chi connectivity index (χ1n) is 26.0. The largest absolute Gasteiger partial charge is 0.256 e. The van der Waals surface area contributed by atoms with E-state index in [1.165, 1.54) is 131 Å². The first kappa shape index (κ1) is 46.2. The number of benzene rings is 4. The van der Waals surface area contributed by atoms with Gasteiger partial charge in [-0.25, -0.2) is 15.0 Å². The fourth-order valence-electron chi connectivity index (χ4n) is 12.7. The molecule has 2 fully saturated rings. The summed E-state index contributed by atoms with van der Waals surface area (Å²) in [6, 6.07) is 38.8. The molecule has 0 radical (unpaired) electrons. The molecule has 2 atom stereocenters. The van der Waals surface area contributed by atoms with Crippen molar-refractivity contribution in [3.8, 4) is 56.5 Å². The highest BCUT2D eigenvalue weighted by Gasteiger charge is 2.66. The standard InChI is InChI=1S/C62H76N4/c1-9-11-13-15-17-21-43-39-61-40-44(22-18-16-14-12-10-2)42-62(61,41-43)54-37-47(29-34-52(54)51-23-19-20-24-53(51)61)55-38-48(35-36-63-55)58-65-56(45-25-30-49(31-26-45)59(3,4)5)64-57(66-58)46-27-32-50(33-28-46)60(6,7)8/h19-20,23-38,43-44H,9-18,21-22,39-42H2,1-8H3. The smallest absolute Gasteiger partial charge is 0.164 e. The van der Waals surface area contributed by atoms with Crippen molar-refractivity contribution in [3.05, 3.63) is 132 Å². The molecular formula is C62H76N4. The third kappa shape index (κ3) is 9.07. The Kier molecular flexibility index (Phi) is 13.3. The first-order valence-corrected chi connectivity index (χ1v) is 26.0. The average molecular weight is 877 g/mol. The Hall–Kier alpha value is -4.96. The van der Waals surface area contributed by atoms with Gasteiger partial charge in [0.25, 0.3) is 0 Å². The van der Waals surface area contributed by atoms with Crippen LogP contribution in [0, 0.1) is 11.8 Å². The fourth-order valence-corrected chi connectivity index (χ4v) is 12.7. The average Bonchev–Trinajstić information content (AvgIpc) is 3.82. The summed E-state index contributed by atoms with van der Waals surface area (Å²) in [5, 5.41) is 0. The number of rotatable bonds is 16. The molecule has 3 aliphatic carbocycles. The number of pyridine rings is 1. The number of unbranched alkanes of at least 4 members (excludes halogenated alkanes) is 8. The second-order valence-electron chi connectivity index (χ2n) is 22.8. The summed E-state index contributed by atoms with van der Waals surface area (Å²) >= 11 is 0. The molecule has 0 spiro atoms. The van der Waals surface area contributed by atoms with E-state index in [4.69, 9.17) is 19.9 Å². The maximum atomic E-state index is 5.21. The molecule has 4 heteroatoms. The van der Waals surface area contributed by atoms with Crippen LogP contribution in [0.25, 0.3) is 56.5 Å². The number of hydrogen-bond donors (Lipinski definition) is 0. The van der Waals surface area contributed by atoms with E-state index in [-0.39, 0.29) is 21.7 Å². The summed E-state index contributed by atoms with van der Waals surface area (Å²) in [5.74, 6) is 3.56. The van der Waals surface area contributed by atoms with E-state index in [9.17, 15) is 0 Å². The van der Waals surface area contributed by atoms with Crippen LogP contribution < -0.4 is 0 Å². The molecular weight excluding hydrogens is 801 g/mol. The van der Waals surface area contributed by atoms with Gasteiger partial charge in [-0.1, -0.05) is 217 Å². The molecule has 2 saturated carbocycles. The first-order chi connectivity index (χ1) is 31.8. The normalized spacial score (nSPS) is 21.0. The zero-order valence-corrected chi connectivity index (χ0v) is 41.6. The minimum Gasteiger partial charge on any atom is -0.256 e. The number of aromatic nitrogens is 4. The highest BCUT2D eigenvalue weighted by Crippen LogP contribution is 2.72. The highest BCUT2D eigenvalue weighted by molar-refractivity contribution is 5.82. The van der Waals surface area contributed by atoms with Crippen molar-refractivity contribution in [2.75, 3.05) is 0 Å². The van der Waals surface area contributed by atoms with Crippen LogP contribution in [0.15, 0.2) is 109 Å². The minimum absolute atomic E-state index is 0.0537. The Bertz CT molecular complexity index is 2500. The molecule has 2 unspecified atom stereocenters. The van der Waals surface area contributed by atoms with Crippen molar-refractivity contribution in [3.63, 3.8) is 0 Å². The lowest BCUT2D eigenvalue weighted by atomic mass is 9.55. The van der Waals surface area contributed by atoms with Crippen molar-refractivity contribution in [1.29, 1.82) is 0 Å². The van der Waals surface area contributed by atoms with Crippen LogP contribution in [0.4, 0.5) is 0 Å². The van der Waals surface area contributed by atoms with Crippen LogP contribution in [0.3, 0.4) is 0 Å². The van der Waals surface area contributed by atoms with Gasteiger partial charge in [-0.15, -0.1) is 0 Å². The zero-order chi connectivity index (χ0) is 46.1. The third-order valence-corrected chi connectivity index (χ3v) is 16.1. The Balaban J connectivity index is 1.11. The van der Waals surface area contributed by atoms with Gasteiger partial charge in [0, 0.05) is 39.3 Å². The van der Waals surface area contributed by atoms with Gasteiger partial charge in [-0.05, 0) is 99.9 Å². The molecule has 0 amide bonds. The van der Waals surface area contributed by atoms with E-state index < -0.39 is 0 Å². The van der Waals surface area contributed by atoms with Gasteiger partial charge in [0.2, 0.25) is 0 Å². The topological polar surface area (TPSA) is 51.6 Å². The maximum Gasteiger partial charge on any atom is 0.164 e. The molecule has 0 saturated heterocycles. The van der Waals surface area contributed by atoms with Crippen molar-refractivity contribution >= 4 is 0 Å². The van der Waals surface area contributed by atoms with E-state index in [1.54, 1.807) is 11.1 Å². The van der Waals surface area contributed by atoms with Gasteiger partial charge < -0.3 is 0 Å². The van der Waals surface area contributed by atoms with Gasteiger partial charge in [0.15, 0.2) is 17.5 Å². The van der Waals surface area contributed by atoms with E-state index in [1.807, 2.05) is 6.20 Å². The predicted octanol–water partition coefficient (Wildman–Crippen LogP) is 17.2. The lowest BCUT2D eigenvalue weighted by Crippen LogP contribution is -2.43.